The van der Waals surface area contributed by atoms with Crippen molar-refractivity contribution in [2.45, 2.75) is 218 Å². The number of aliphatic hydroxyl groups is 7. The number of cyclic esters (lactones) is 1. The number of esters is 1. The fourth-order valence-corrected chi connectivity index (χ4v) is 14.5. The molecule has 0 bridgehead atoms. The number of Topliss-reactive ketones (excluding diaryl/α,β-unsaturated/α-hetero) is 1. The maximum absolute atomic E-state index is 14.3. The van der Waals surface area contributed by atoms with Gasteiger partial charge in [0.05, 0.1) is 35.9 Å². The highest BCUT2D eigenvalue weighted by Crippen LogP contribution is 2.67. The third kappa shape index (κ3) is 10.3. The smallest absolute Gasteiger partial charge is 0.311 e. The summed E-state index contributed by atoms with van der Waals surface area (Å²) in [7, 11) is 3.72. The lowest BCUT2D eigenvalue weighted by Crippen LogP contribution is -2.63. The molecule has 3 saturated carbocycles. The number of amides is 1. The van der Waals surface area contributed by atoms with Crippen molar-refractivity contribution < 1.29 is 64.3 Å². The van der Waals surface area contributed by atoms with E-state index in [1.165, 1.54) is 13.8 Å². The molecule has 68 heavy (non-hydrogen) atoms. The molecule has 1 amide bonds. The van der Waals surface area contributed by atoms with Crippen molar-refractivity contribution in [2.75, 3.05) is 33.7 Å². The highest BCUT2D eigenvalue weighted by atomic mass is 16.7. The number of aliphatic hydroxyl groups excluding tert-OH is 4. The molecule has 16 heteroatoms. The molecule has 2 saturated heterocycles. The highest BCUT2D eigenvalue weighted by molar-refractivity contribution is 5.86. The standard InChI is InChI=1S/C52H89N3O13/c1-13-39-51(10,64)43(60)32(6)55(27-28(2)25-50(9,63)44(30(4)41(58)31(5)45(61)67-39)68-46-42(59)37(54(11)12)23-29(3)66-46)22-14-21-53-47(62)52(65)20-18-36-35-16-15-33-24-34(56)17-19-48(33,7)40(35)38(57)26-49(36,52)8/h15,28-32,35-44,46,57-60,63-65H,13-14,16-27H2,1-12H3,(H,53,62)/t28-,29-,30+,31-,32-,35?,36?,37-,38+,39-,40?,41+,42?,43-,44?,46+,48+,49+,50-,51-,52+/m1/s1. The van der Waals surface area contributed by atoms with E-state index in [0.29, 0.717) is 58.0 Å². The lowest BCUT2D eigenvalue weighted by Gasteiger charge is -2.59. The summed E-state index contributed by atoms with van der Waals surface area (Å²) < 4.78 is 18.6. The number of nitrogens with one attached hydrogen (secondary N) is 1. The van der Waals surface area contributed by atoms with Crippen molar-refractivity contribution in [2.24, 2.45) is 46.3 Å². The molecule has 6 rings (SSSR count). The van der Waals surface area contributed by atoms with Crippen molar-refractivity contribution in [1.82, 2.24) is 15.1 Å². The van der Waals surface area contributed by atoms with Crippen LogP contribution >= 0.6 is 0 Å². The van der Waals surface area contributed by atoms with Crippen LogP contribution < -0.4 is 5.32 Å². The Bertz CT molecular complexity index is 1830. The van der Waals surface area contributed by atoms with Crippen LogP contribution in [0.1, 0.15) is 140 Å². The van der Waals surface area contributed by atoms with Crippen LogP contribution in [0.25, 0.3) is 0 Å². The van der Waals surface area contributed by atoms with Gasteiger partial charge >= 0.3 is 5.97 Å². The third-order valence-electron chi connectivity index (χ3n) is 18.6. The zero-order valence-corrected chi connectivity index (χ0v) is 43.2. The minimum atomic E-state index is -1.93. The average Bonchev–Trinajstić information content (AvgIpc) is 3.54. The zero-order chi connectivity index (χ0) is 50.6. The molecule has 0 radical (unpaired) electrons. The summed E-state index contributed by atoms with van der Waals surface area (Å²) in [6.07, 6.45) is -1.40. The van der Waals surface area contributed by atoms with Crippen LogP contribution in [0.5, 0.6) is 0 Å². The van der Waals surface area contributed by atoms with Gasteiger partial charge in [-0.1, -0.05) is 46.3 Å². The summed E-state index contributed by atoms with van der Waals surface area (Å²) in [6.45, 7) is 18.5. The summed E-state index contributed by atoms with van der Waals surface area (Å²) >= 11 is 0. The van der Waals surface area contributed by atoms with E-state index in [2.05, 4.69) is 18.3 Å². The van der Waals surface area contributed by atoms with Crippen LogP contribution in [0, 0.1) is 46.3 Å². The maximum atomic E-state index is 14.3. The predicted molar refractivity (Wildman–Crippen MR) is 255 cm³/mol. The van der Waals surface area contributed by atoms with Crippen LogP contribution in [0.4, 0.5) is 0 Å². The van der Waals surface area contributed by atoms with Gasteiger partial charge in [0.25, 0.3) is 5.91 Å². The summed E-state index contributed by atoms with van der Waals surface area (Å²) in [5.74, 6) is -3.30. The van der Waals surface area contributed by atoms with E-state index in [4.69, 9.17) is 14.2 Å². The second-order valence-corrected chi connectivity index (χ2v) is 23.8. The van der Waals surface area contributed by atoms with E-state index in [0.717, 1.165) is 5.57 Å². The van der Waals surface area contributed by atoms with E-state index >= 15 is 0 Å². The molecule has 16 nitrogen and oxygen atoms in total. The number of ether oxygens (including phenoxy) is 3. The number of allylic oxidation sites excluding steroid dienone is 2. The first-order valence-corrected chi connectivity index (χ1v) is 25.9. The largest absolute Gasteiger partial charge is 0.459 e. The highest BCUT2D eigenvalue weighted by Gasteiger charge is 2.68. The molecule has 4 aliphatic carbocycles. The molecular formula is C52H89N3O13. The van der Waals surface area contributed by atoms with Gasteiger partial charge in [-0.15, -0.1) is 0 Å². The molecule has 6 aliphatic rings. The van der Waals surface area contributed by atoms with Gasteiger partial charge in [-0.3, -0.25) is 19.3 Å². The van der Waals surface area contributed by atoms with Crippen molar-refractivity contribution in [3.63, 3.8) is 0 Å². The van der Waals surface area contributed by atoms with Gasteiger partial charge in [0.15, 0.2) is 6.29 Å². The Hall–Kier alpha value is -2.09. The molecule has 21 atom stereocenters. The summed E-state index contributed by atoms with van der Waals surface area (Å²) in [4.78, 5) is 44.4. The molecule has 390 valence electrons. The number of carbonyl (C=O) groups excluding carboxylic acids is 3. The molecule has 2 heterocycles. The Labute approximate surface area is 405 Å². The number of ketones is 1. The van der Waals surface area contributed by atoms with E-state index < -0.39 is 94.9 Å². The minimum absolute atomic E-state index is 0.0114. The Morgan fingerprint density at radius 1 is 0.971 bits per heavy atom. The van der Waals surface area contributed by atoms with Gasteiger partial charge in [0.2, 0.25) is 0 Å². The number of carbonyl (C=O) groups is 3. The molecule has 5 fully saturated rings. The number of rotatable bonds is 9. The Kier molecular flexibility index (Phi) is 16.9. The van der Waals surface area contributed by atoms with Gasteiger partial charge in [-0.2, -0.15) is 0 Å². The molecule has 2 aliphatic heterocycles. The molecule has 5 unspecified atom stereocenters. The summed E-state index contributed by atoms with van der Waals surface area (Å²) in [5, 5.41) is 87.1. The van der Waals surface area contributed by atoms with Gasteiger partial charge in [0, 0.05) is 55.9 Å². The van der Waals surface area contributed by atoms with E-state index in [-0.39, 0.29) is 79.2 Å². The number of likely N-dealkylation sites (N-methyl/N-ethyl adjacent to an activating group) is 1. The molecular weight excluding hydrogens is 875 g/mol. The lowest BCUT2D eigenvalue weighted by atomic mass is 9.46. The fourth-order valence-electron chi connectivity index (χ4n) is 14.5. The Balaban J connectivity index is 1.20. The topological polar surface area (TPSA) is 239 Å². The van der Waals surface area contributed by atoms with Crippen LogP contribution in [-0.4, -0.2) is 175 Å². The second-order valence-electron chi connectivity index (χ2n) is 23.8. The number of fused-ring (bicyclic) bond motifs is 5. The van der Waals surface area contributed by atoms with Gasteiger partial charge in [-0.25, -0.2) is 0 Å². The SMILES string of the molecule is CC[C@H]1OC(=O)[C@H](C)[C@@H](O)[C@H](C)C(O[C@@H]2O[C@H](C)C[C@@H](N(C)C)C2O)[C@](C)(O)C[C@@H](C)CN(CCCNC(=O)[C@@]2(O)CCC3C4CC=C5CC(=O)CC[C@]5(C)C4[C@@H](O)C[C@@]32C)[C@H](C)[C@@H](O)[C@]1(C)O. The normalized spacial score (nSPS) is 48.9. The number of hydrogen-bond acceptors (Lipinski definition) is 15. The fraction of sp³-hybridized carbons (Fsp3) is 0.904. The van der Waals surface area contributed by atoms with Gasteiger partial charge < -0.3 is 60.2 Å². The van der Waals surface area contributed by atoms with Crippen molar-refractivity contribution in [1.29, 1.82) is 0 Å². The first kappa shape index (κ1) is 55.2. The maximum Gasteiger partial charge on any atom is 0.311 e. The molecule has 0 aromatic rings. The Morgan fingerprint density at radius 2 is 1.65 bits per heavy atom. The lowest BCUT2D eigenvalue weighted by molar-refractivity contribution is -0.299. The molecule has 8 N–H and O–H groups in total. The van der Waals surface area contributed by atoms with E-state index in [9.17, 15) is 50.1 Å². The van der Waals surface area contributed by atoms with Crippen LogP contribution in [0.2, 0.25) is 0 Å². The zero-order valence-electron chi connectivity index (χ0n) is 43.2. The predicted octanol–water partition coefficient (Wildman–Crippen LogP) is 3.09. The monoisotopic (exact) mass is 964 g/mol. The average molecular weight is 964 g/mol. The second kappa shape index (κ2) is 20.8. The number of nitrogens with zero attached hydrogens (tertiary/aromatic N) is 2. The quantitative estimate of drug-likeness (QED) is 0.0942. The van der Waals surface area contributed by atoms with Crippen LogP contribution in [0.3, 0.4) is 0 Å². The first-order chi connectivity index (χ1) is 31.5. The summed E-state index contributed by atoms with van der Waals surface area (Å²) in [6, 6.07) is -1.03. The molecule has 0 aromatic carbocycles. The van der Waals surface area contributed by atoms with Crippen molar-refractivity contribution in [3.8, 4) is 0 Å². The number of hydrogen-bond donors (Lipinski definition) is 8. The molecule has 0 aromatic heterocycles. The van der Waals surface area contributed by atoms with Crippen LogP contribution in [-0.2, 0) is 28.6 Å². The third-order valence-corrected chi connectivity index (χ3v) is 18.6. The van der Waals surface area contributed by atoms with Crippen LogP contribution in [0.15, 0.2) is 11.6 Å². The Morgan fingerprint density at radius 3 is 2.29 bits per heavy atom. The minimum Gasteiger partial charge on any atom is -0.459 e. The van der Waals surface area contributed by atoms with Gasteiger partial charge in [-0.05, 0) is 136 Å². The first-order valence-electron chi connectivity index (χ1n) is 25.9. The van der Waals surface area contributed by atoms with E-state index in [1.54, 1.807) is 27.7 Å². The summed E-state index contributed by atoms with van der Waals surface area (Å²) in [5.41, 5.74) is -5.31. The van der Waals surface area contributed by atoms with Gasteiger partial charge in [0.1, 0.15) is 35.3 Å². The van der Waals surface area contributed by atoms with Crippen molar-refractivity contribution >= 4 is 17.7 Å². The molecule has 0 spiro atoms. The van der Waals surface area contributed by atoms with Crippen molar-refractivity contribution in [3.05, 3.63) is 11.6 Å². The van der Waals surface area contributed by atoms with E-state index in [1.807, 2.05) is 44.7 Å².